The van der Waals surface area contributed by atoms with Crippen LogP contribution in [0.15, 0.2) is 48.6 Å². The molecule has 6 nitrogen and oxygen atoms in total. The lowest BCUT2D eigenvalue weighted by molar-refractivity contribution is -0.132. The standard InChI is InChI=1S/C58H109NO5/c1-3-5-7-9-11-13-15-17-19-21-23-24-25-26-27-28-29-30-31-32-33-34-36-37-39-41-43-45-47-49-51-55(61)57(63)54(53-60)59-58(64)56(62)52-50-48-46-44-42-40-38-35-22-20-18-16-14-12-10-8-6-4-2/h12,14,16,18,36-37,43,45,54-57,60-63H,3-11,13,15,17,19-35,38-42,44,46-53H2,1-2H3,(H,59,64)/b14-12-,18-16-,37-36+,45-43+. The number of nitrogens with one attached hydrogen (secondary N) is 1. The summed E-state index contributed by atoms with van der Waals surface area (Å²) < 4.78 is 0. The van der Waals surface area contributed by atoms with Gasteiger partial charge in [-0.1, -0.05) is 255 Å². The van der Waals surface area contributed by atoms with Crippen LogP contribution >= 0.6 is 0 Å². The van der Waals surface area contributed by atoms with E-state index in [1.54, 1.807) is 0 Å². The molecule has 4 atom stereocenters. The van der Waals surface area contributed by atoms with Crippen LogP contribution in [0.25, 0.3) is 0 Å². The lowest BCUT2D eigenvalue weighted by Crippen LogP contribution is -2.53. The van der Waals surface area contributed by atoms with E-state index in [-0.39, 0.29) is 0 Å². The van der Waals surface area contributed by atoms with Crippen molar-refractivity contribution < 1.29 is 25.2 Å². The van der Waals surface area contributed by atoms with Crippen LogP contribution in [0.5, 0.6) is 0 Å². The van der Waals surface area contributed by atoms with E-state index in [1.807, 2.05) is 0 Å². The molecule has 0 spiro atoms. The number of aliphatic hydroxyl groups excluding tert-OH is 4. The predicted molar refractivity (Wildman–Crippen MR) is 279 cm³/mol. The summed E-state index contributed by atoms with van der Waals surface area (Å²) in [6.07, 6.45) is 66.1. The number of hydrogen-bond acceptors (Lipinski definition) is 5. The summed E-state index contributed by atoms with van der Waals surface area (Å²) in [5, 5.41) is 43.9. The lowest BCUT2D eigenvalue weighted by Gasteiger charge is -2.27. The molecule has 0 heterocycles. The van der Waals surface area contributed by atoms with Gasteiger partial charge in [-0.2, -0.15) is 0 Å². The van der Waals surface area contributed by atoms with Crippen LogP contribution in [0, 0.1) is 0 Å². The van der Waals surface area contributed by atoms with Gasteiger partial charge in [-0.05, 0) is 77.0 Å². The highest BCUT2D eigenvalue weighted by molar-refractivity contribution is 5.80. The van der Waals surface area contributed by atoms with E-state index in [2.05, 4.69) is 67.8 Å². The average molecular weight is 901 g/mol. The monoisotopic (exact) mass is 900 g/mol. The zero-order chi connectivity index (χ0) is 46.7. The van der Waals surface area contributed by atoms with Gasteiger partial charge in [-0.3, -0.25) is 4.79 Å². The number of aliphatic hydroxyl groups is 4. The number of unbranched alkanes of at least 4 members (excludes halogenated alkanes) is 35. The topological polar surface area (TPSA) is 110 Å². The van der Waals surface area contributed by atoms with Crippen LogP contribution in [-0.2, 0) is 4.79 Å². The van der Waals surface area contributed by atoms with E-state index in [4.69, 9.17) is 0 Å². The Morgan fingerprint density at radius 1 is 0.391 bits per heavy atom. The highest BCUT2D eigenvalue weighted by Crippen LogP contribution is 2.17. The first kappa shape index (κ1) is 62.3. The van der Waals surface area contributed by atoms with Gasteiger partial charge >= 0.3 is 0 Å². The molecule has 0 aromatic carbocycles. The molecule has 0 rings (SSSR count). The van der Waals surface area contributed by atoms with E-state index in [0.717, 1.165) is 44.9 Å². The van der Waals surface area contributed by atoms with Gasteiger partial charge in [0.2, 0.25) is 5.91 Å². The van der Waals surface area contributed by atoms with Gasteiger partial charge in [-0.25, -0.2) is 0 Å². The van der Waals surface area contributed by atoms with Gasteiger partial charge in [0.15, 0.2) is 0 Å². The van der Waals surface area contributed by atoms with Gasteiger partial charge < -0.3 is 25.7 Å². The molecule has 4 unspecified atom stereocenters. The highest BCUT2D eigenvalue weighted by atomic mass is 16.3. The van der Waals surface area contributed by atoms with Crippen LogP contribution in [0.2, 0.25) is 0 Å². The molecular weight excluding hydrogens is 791 g/mol. The van der Waals surface area contributed by atoms with Crippen molar-refractivity contribution >= 4 is 5.91 Å². The Morgan fingerprint density at radius 2 is 0.703 bits per heavy atom. The van der Waals surface area contributed by atoms with E-state index in [9.17, 15) is 25.2 Å². The number of carbonyl (C=O) groups is 1. The highest BCUT2D eigenvalue weighted by Gasteiger charge is 2.28. The molecule has 0 aliphatic rings. The minimum absolute atomic E-state index is 0.353. The zero-order valence-electron chi connectivity index (χ0n) is 42.5. The molecule has 0 aromatic rings. The molecule has 0 bridgehead atoms. The van der Waals surface area contributed by atoms with E-state index < -0.39 is 36.9 Å². The number of carbonyl (C=O) groups excluding carboxylic acids is 1. The summed E-state index contributed by atoms with van der Waals surface area (Å²) in [6, 6.07) is -1.01. The maximum Gasteiger partial charge on any atom is 0.249 e. The van der Waals surface area contributed by atoms with Crippen LogP contribution in [0.1, 0.15) is 284 Å². The Hall–Kier alpha value is -1.73. The molecule has 0 radical (unpaired) electrons. The van der Waals surface area contributed by atoms with Gasteiger partial charge in [0.05, 0.1) is 18.8 Å². The largest absolute Gasteiger partial charge is 0.394 e. The zero-order valence-corrected chi connectivity index (χ0v) is 42.5. The summed E-state index contributed by atoms with van der Waals surface area (Å²) >= 11 is 0. The number of rotatable bonds is 51. The third-order valence-electron chi connectivity index (χ3n) is 13.0. The smallest absolute Gasteiger partial charge is 0.249 e. The van der Waals surface area contributed by atoms with Crippen molar-refractivity contribution in [2.75, 3.05) is 6.61 Å². The second kappa shape index (κ2) is 52.2. The van der Waals surface area contributed by atoms with Crippen molar-refractivity contribution in [3.63, 3.8) is 0 Å². The van der Waals surface area contributed by atoms with Gasteiger partial charge in [0.25, 0.3) is 0 Å². The fourth-order valence-electron chi connectivity index (χ4n) is 8.59. The molecule has 0 aliphatic heterocycles. The molecule has 64 heavy (non-hydrogen) atoms. The fourth-order valence-corrected chi connectivity index (χ4v) is 8.59. The molecule has 5 N–H and O–H groups in total. The van der Waals surface area contributed by atoms with E-state index in [0.29, 0.717) is 19.3 Å². The summed E-state index contributed by atoms with van der Waals surface area (Å²) in [5.41, 5.74) is 0. The Morgan fingerprint density at radius 3 is 1.11 bits per heavy atom. The van der Waals surface area contributed by atoms with Crippen molar-refractivity contribution in [3.8, 4) is 0 Å². The van der Waals surface area contributed by atoms with Crippen molar-refractivity contribution in [3.05, 3.63) is 48.6 Å². The molecule has 0 aromatic heterocycles. The first-order valence-electron chi connectivity index (χ1n) is 28.0. The van der Waals surface area contributed by atoms with Gasteiger partial charge in [0.1, 0.15) is 12.2 Å². The number of hydrogen-bond donors (Lipinski definition) is 5. The quantitative estimate of drug-likeness (QED) is 0.0237. The lowest BCUT2D eigenvalue weighted by atomic mass is 10.00. The third kappa shape index (κ3) is 45.4. The normalized spacial score (nSPS) is 14.2. The SMILES string of the molecule is CCCCC/C=C\C=C/CCCCCCCCCCCC(O)C(=O)NC(CO)C(O)C(O)CCC/C=C/CC/C=C/CCCCCCCCCCCCCCCCCCCCCCC. The first-order valence-corrected chi connectivity index (χ1v) is 28.0. The summed E-state index contributed by atoms with van der Waals surface area (Å²) in [6.45, 7) is 4.03. The van der Waals surface area contributed by atoms with Crippen molar-refractivity contribution in [2.24, 2.45) is 0 Å². The van der Waals surface area contributed by atoms with Gasteiger partial charge in [0, 0.05) is 0 Å². The van der Waals surface area contributed by atoms with Crippen LogP contribution in [0.4, 0.5) is 0 Å². The van der Waals surface area contributed by atoms with E-state index in [1.165, 1.54) is 205 Å². The Labute approximate surface area is 398 Å². The number of allylic oxidation sites excluding steroid dienone is 8. The maximum absolute atomic E-state index is 12.6. The summed E-state index contributed by atoms with van der Waals surface area (Å²) in [4.78, 5) is 12.6. The summed E-state index contributed by atoms with van der Waals surface area (Å²) in [5.74, 6) is -0.601. The summed E-state index contributed by atoms with van der Waals surface area (Å²) in [7, 11) is 0. The molecule has 1 amide bonds. The van der Waals surface area contributed by atoms with E-state index >= 15 is 0 Å². The Bertz CT molecular complexity index is 1060. The second-order valence-electron chi connectivity index (χ2n) is 19.3. The Balaban J connectivity index is 3.68. The fraction of sp³-hybridized carbons (Fsp3) is 0.845. The van der Waals surface area contributed by atoms with Crippen molar-refractivity contribution in [1.29, 1.82) is 0 Å². The van der Waals surface area contributed by atoms with Crippen LogP contribution < -0.4 is 5.32 Å². The molecule has 376 valence electrons. The van der Waals surface area contributed by atoms with Gasteiger partial charge in [-0.15, -0.1) is 0 Å². The second-order valence-corrected chi connectivity index (χ2v) is 19.3. The minimum atomic E-state index is -1.29. The molecule has 0 saturated heterocycles. The van der Waals surface area contributed by atoms with Crippen LogP contribution in [-0.4, -0.2) is 57.3 Å². The molecule has 0 aliphatic carbocycles. The Kier molecular flexibility index (Phi) is 50.8. The minimum Gasteiger partial charge on any atom is -0.394 e. The van der Waals surface area contributed by atoms with Crippen LogP contribution in [0.3, 0.4) is 0 Å². The molecule has 0 saturated carbocycles. The van der Waals surface area contributed by atoms with Crippen molar-refractivity contribution in [2.45, 2.75) is 308 Å². The molecule has 6 heteroatoms. The predicted octanol–water partition coefficient (Wildman–Crippen LogP) is 16.2. The molecular formula is C58H109NO5. The number of amides is 1. The maximum atomic E-state index is 12.6. The first-order chi connectivity index (χ1) is 31.5. The van der Waals surface area contributed by atoms with Crippen molar-refractivity contribution in [1.82, 2.24) is 5.32 Å². The average Bonchev–Trinajstić information content (AvgIpc) is 3.30. The third-order valence-corrected chi connectivity index (χ3v) is 13.0. The molecule has 0 fully saturated rings.